The summed E-state index contributed by atoms with van der Waals surface area (Å²) in [7, 11) is 1.99. The van der Waals surface area contributed by atoms with E-state index in [1.165, 1.54) is 16.9 Å². The fraction of sp³-hybridized carbons (Fsp3) is 0.304. The molecule has 8 heteroatoms. The van der Waals surface area contributed by atoms with Crippen LogP contribution in [0.2, 0.25) is 0 Å². The number of rotatable bonds is 5. The number of aromatic nitrogens is 3. The lowest BCUT2D eigenvalue weighted by atomic mass is 10.0. The molecule has 0 aliphatic carbocycles. The summed E-state index contributed by atoms with van der Waals surface area (Å²) in [5.74, 6) is 2.71. The Balaban J connectivity index is 1.74. The van der Waals surface area contributed by atoms with E-state index in [-0.39, 0.29) is 5.91 Å². The minimum atomic E-state index is -0.235. The third-order valence-electron chi connectivity index (χ3n) is 5.22. The Bertz CT molecular complexity index is 1260. The Labute approximate surface area is 185 Å². The van der Waals surface area contributed by atoms with Crippen LogP contribution in [0.5, 0.6) is 0 Å². The fourth-order valence-corrected chi connectivity index (χ4v) is 4.60. The number of carbonyl (C=O) groups excluding carboxylic acids is 1. The molecule has 0 spiro atoms. The maximum absolute atomic E-state index is 12.9. The molecule has 0 fully saturated rings. The lowest BCUT2D eigenvalue weighted by Crippen LogP contribution is -2.14. The highest BCUT2D eigenvalue weighted by atomic mass is 32.1. The monoisotopic (exact) mass is 435 g/mol. The van der Waals surface area contributed by atoms with Gasteiger partial charge in [-0.15, -0.1) is 11.3 Å². The number of aryl methyl sites for hydroxylation is 3. The third kappa shape index (κ3) is 4.03. The predicted octanol–water partition coefficient (Wildman–Crippen LogP) is 5.75. The van der Waals surface area contributed by atoms with Crippen molar-refractivity contribution in [3.8, 4) is 0 Å². The Morgan fingerprint density at radius 3 is 2.45 bits per heavy atom. The Hall–Kier alpha value is -3.26. The average Bonchev–Trinajstić information content (AvgIpc) is 3.29. The summed E-state index contributed by atoms with van der Waals surface area (Å²) in [6.45, 7) is 9.93. The number of amides is 1. The van der Waals surface area contributed by atoms with Crippen molar-refractivity contribution in [1.82, 2.24) is 15.1 Å². The quantitative estimate of drug-likeness (QED) is 0.430. The summed E-state index contributed by atoms with van der Waals surface area (Å²) in [5.41, 5.74) is 3.16. The molecule has 4 rings (SSSR count). The van der Waals surface area contributed by atoms with E-state index in [0.717, 1.165) is 27.3 Å². The van der Waals surface area contributed by atoms with Crippen molar-refractivity contribution in [2.45, 2.75) is 40.5 Å². The lowest BCUT2D eigenvalue weighted by molar-refractivity contribution is 0.102. The first-order chi connectivity index (χ1) is 14.7. The minimum absolute atomic E-state index is 0.235. The molecule has 7 nitrogen and oxygen atoms in total. The van der Waals surface area contributed by atoms with Crippen molar-refractivity contribution in [3.63, 3.8) is 0 Å². The molecular formula is C23H25N5O2S. The van der Waals surface area contributed by atoms with E-state index in [0.29, 0.717) is 28.2 Å². The van der Waals surface area contributed by atoms with Gasteiger partial charge < -0.3 is 14.7 Å². The number of nitrogens with one attached hydrogen (secondary N) is 1. The van der Waals surface area contributed by atoms with E-state index < -0.39 is 0 Å². The first-order valence-corrected chi connectivity index (χ1v) is 10.9. The third-order valence-corrected chi connectivity index (χ3v) is 6.41. The van der Waals surface area contributed by atoms with Crippen molar-refractivity contribution in [2.75, 3.05) is 17.3 Å². The Kier molecular flexibility index (Phi) is 5.49. The zero-order valence-corrected chi connectivity index (χ0v) is 19.3. The number of carbonyl (C=O) groups is 1. The average molecular weight is 436 g/mol. The molecule has 3 heterocycles. The van der Waals surface area contributed by atoms with Gasteiger partial charge in [0, 0.05) is 18.8 Å². The van der Waals surface area contributed by atoms with Crippen LogP contribution in [0.3, 0.4) is 0 Å². The van der Waals surface area contributed by atoms with Gasteiger partial charge in [0.25, 0.3) is 5.91 Å². The van der Waals surface area contributed by atoms with E-state index in [9.17, 15) is 4.79 Å². The van der Waals surface area contributed by atoms with Crippen molar-refractivity contribution in [3.05, 3.63) is 57.9 Å². The lowest BCUT2D eigenvalue weighted by Gasteiger charge is -2.20. The van der Waals surface area contributed by atoms with Gasteiger partial charge in [0.15, 0.2) is 5.82 Å². The molecule has 4 aromatic rings. The largest absolute Gasteiger partial charge is 0.360 e. The zero-order valence-electron chi connectivity index (χ0n) is 18.5. The maximum Gasteiger partial charge on any atom is 0.267 e. The van der Waals surface area contributed by atoms with Gasteiger partial charge in [0.2, 0.25) is 0 Å². The van der Waals surface area contributed by atoms with Crippen LogP contribution >= 0.6 is 11.3 Å². The second-order valence-corrected chi connectivity index (χ2v) is 8.91. The normalized spacial score (nSPS) is 11.3. The van der Waals surface area contributed by atoms with Gasteiger partial charge in [-0.2, -0.15) is 0 Å². The number of hydrogen-bond donors (Lipinski definition) is 1. The maximum atomic E-state index is 12.9. The van der Waals surface area contributed by atoms with Crippen molar-refractivity contribution in [1.29, 1.82) is 0 Å². The first-order valence-electron chi connectivity index (χ1n) is 10.1. The molecule has 0 unspecified atom stereocenters. The highest BCUT2D eigenvalue weighted by Gasteiger charge is 2.23. The summed E-state index contributed by atoms with van der Waals surface area (Å²) < 4.78 is 5.04. The molecule has 0 bridgehead atoms. The first kappa shape index (κ1) is 21.0. The predicted molar refractivity (Wildman–Crippen MR) is 125 cm³/mol. The van der Waals surface area contributed by atoms with Gasteiger partial charge in [0.05, 0.1) is 10.3 Å². The zero-order chi connectivity index (χ0) is 22.3. The molecule has 31 heavy (non-hydrogen) atoms. The highest BCUT2D eigenvalue weighted by Crippen LogP contribution is 2.37. The van der Waals surface area contributed by atoms with Gasteiger partial charge >= 0.3 is 0 Å². The summed E-state index contributed by atoms with van der Waals surface area (Å²) >= 11 is 1.36. The molecule has 0 aliphatic heterocycles. The molecule has 0 aliphatic rings. The number of fused-ring (bicyclic) bond motifs is 1. The summed E-state index contributed by atoms with van der Waals surface area (Å²) in [5, 5.41) is 7.52. The standard InChI is InChI=1S/C23H25N5O2S/c1-12(2)16-7-9-17(10-8-16)28(6)21-19-14(4)20(31-23(19)25-15(5)24-21)22(29)26-18-11-13(3)30-27-18/h7-12H,1-6H3,(H,26,27,29). The molecule has 0 radical (unpaired) electrons. The number of thiophene rings is 1. The van der Waals surface area contributed by atoms with Gasteiger partial charge in [-0.25, -0.2) is 9.97 Å². The van der Waals surface area contributed by atoms with E-state index in [2.05, 4.69) is 53.6 Å². The van der Waals surface area contributed by atoms with Gasteiger partial charge in [-0.3, -0.25) is 4.79 Å². The second kappa shape index (κ2) is 8.11. The molecule has 0 atom stereocenters. The smallest absolute Gasteiger partial charge is 0.267 e. The minimum Gasteiger partial charge on any atom is -0.360 e. The molecule has 3 aromatic heterocycles. The van der Waals surface area contributed by atoms with Crippen LogP contribution in [0.4, 0.5) is 17.3 Å². The Morgan fingerprint density at radius 2 is 1.84 bits per heavy atom. The number of benzene rings is 1. The van der Waals surface area contributed by atoms with E-state index in [1.807, 2.05) is 25.8 Å². The van der Waals surface area contributed by atoms with Crippen molar-refractivity contribution in [2.24, 2.45) is 0 Å². The number of anilines is 3. The van der Waals surface area contributed by atoms with Gasteiger partial charge in [-0.05, 0) is 49.9 Å². The SMILES string of the molecule is Cc1nc(N(C)c2ccc(C(C)C)cc2)c2c(C)c(C(=O)Nc3cc(C)on3)sc2n1. The molecule has 160 valence electrons. The molecule has 1 amide bonds. The van der Waals surface area contributed by atoms with Crippen LogP contribution in [0, 0.1) is 20.8 Å². The second-order valence-electron chi connectivity index (χ2n) is 7.91. The summed E-state index contributed by atoms with van der Waals surface area (Å²) in [6.07, 6.45) is 0. The van der Waals surface area contributed by atoms with E-state index >= 15 is 0 Å². The molecule has 0 saturated heterocycles. The number of nitrogens with zero attached hydrogens (tertiary/aromatic N) is 4. The van der Waals surface area contributed by atoms with Crippen LogP contribution in [-0.4, -0.2) is 28.1 Å². The van der Waals surface area contributed by atoms with Crippen LogP contribution < -0.4 is 10.2 Å². The van der Waals surface area contributed by atoms with Crippen LogP contribution in [0.25, 0.3) is 10.2 Å². The molecule has 1 N–H and O–H groups in total. The Morgan fingerprint density at radius 1 is 1.13 bits per heavy atom. The van der Waals surface area contributed by atoms with E-state index in [4.69, 9.17) is 9.51 Å². The highest BCUT2D eigenvalue weighted by molar-refractivity contribution is 7.20. The molecule has 0 saturated carbocycles. The van der Waals surface area contributed by atoms with Crippen molar-refractivity contribution < 1.29 is 9.32 Å². The number of hydrogen-bond acceptors (Lipinski definition) is 7. The van der Waals surface area contributed by atoms with Gasteiger partial charge in [0.1, 0.15) is 22.2 Å². The van der Waals surface area contributed by atoms with Crippen molar-refractivity contribution >= 4 is 44.8 Å². The van der Waals surface area contributed by atoms with Crippen LogP contribution in [0.15, 0.2) is 34.9 Å². The molecule has 1 aromatic carbocycles. The van der Waals surface area contributed by atoms with Crippen LogP contribution in [0.1, 0.15) is 52.1 Å². The summed E-state index contributed by atoms with van der Waals surface area (Å²) in [6, 6.07) is 10.2. The summed E-state index contributed by atoms with van der Waals surface area (Å²) in [4.78, 5) is 25.6. The topological polar surface area (TPSA) is 84.2 Å². The van der Waals surface area contributed by atoms with Gasteiger partial charge in [-0.1, -0.05) is 31.1 Å². The van der Waals surface area contributed by atoms with Crippen LogP contribution in [-0.2, 0) is 0 Å². The molecular weight excluding hydrogens is 410 g/mol. The fourth-order valence-electron chi connectivity index (χ4n) is 3.48. The van der Waals surface area contributed by atoms with E-state index in [1.54, 1.807) is 13.0 Å².